The Morgan fingerprint density at radius 1 is 1.00 bits per heavy atom. The molecule has 0 amide bonds. The monoisotopic (exact) mass is 459 g/mol. The zero-order valence-electron chi connectivity index (χ0n) is 16.9. The fourth-order valence-electron chi connectivity index (χ4n) is 3.80. The maximum atomic E-state index is 14.0. The lowest BCUT2D eigenvalue weighted by Gasteiger charge is -2.19. The molecule has 0 aliphatic carbocycles. The maximum Gasteiger partial charge on any atom is 0.417 e. The Hall–Kier alpha value is -3.26. The molecule has 2 aromatic heterocycles. The van der Waals surface area contributed by atoms with Crippen molar-refractivity contribution in [1.82, 2.24) is 14.8 Å². The van der Waals surface area contributed by atoms with Crippen molar-refractivity contribution in [3.05, 3.63) is 70.4 Å². The van der Waals surface area contributed by atoms with Crippen LogP contribution in [0.25, 0.3) is 22.3 Å². The summed E-state index contributed by atoms with van der Waals surface area (Å²) in [4.78, 5) is 4.58. The maximum absolute atomic E-state index is 14.0. The third kappa shape index (κ3) is 3.75. The van der Waals surface area contributed by atoms with E-state index in [1.807, 2.05) is 0 Å². The first-order chi connectivity index (χ1) is 15.3. The minimum atomic E-state index is -4.57. The fraction of sp³-hybridized carbons (Fsp3) is 0.217. The summed E-state index contributed by atoms with van der Waals surface area (Å²) < 4.78 is 54.7. The number of alkyl halides is 3. The van der Waals surface area contributed by atoms with Crippen LogP contribution in [0.15, 0.2) is 48.5 Å². The van der Waals surface area contributed by atoms with Gasteiger partial charge >= 0.3 is 6.18 Å². The number of nitrogens with zero attached hydrogens (tertiary/aromatic N) is 3. The molecule has 0 saturated carbocycles. The molecular weight excluding hydrogens is 443 g/mol. The van der Waals surface area contributed by atoms with Crippen LogP contribution < -0.4 is 9.47 Å². The molecule has 9 heteroatoms. The number of fused-ring (bicyclic) bond motifs is 2. The Bertz CT molecular complexity index is 1320. The van der Waals surface area contributed by atoms with Crippen LogP contribution in [0.4, 0.5) is 13.2 Å². The highest BCUT2D eigenvalue weighted by Gasteiger charge is 2.35. The molecule has 0 fully saturated rings. The molecule has 3 heterocycles. The standard InChI is InChI=1S/C23H17ClF3N3O2/c1-13-21-17(23(25,26)27)11-18(15-4-7-19-20(10-15)32-9-8-31-19)28-22(21)30(29-13)12-14-2-5-16(24)6-3-14/h2-7,10-11H,8-9,12H2,1H3. The topological polar surface area (TPSA) is 49.2 Å². The van der Waals surface area contributed by atoms with E-state index in [1.165, 1.54) is 4.68 Å². The largest absolute Gasteiger partial charge is 0.486 e. The van der Waals surface area contributed by atoms with Crippen molar-refractivity contribution in [1.29, 1.82) is 0 Å². The Kier molecular flexibility index (Phi) is 4.97. The van der Waals surface area contributed by atoms with Gasteiger partial charge in [0.2, 0.25) is 0 Å². The third-order valence-electron chi connectivity index (χ3n) is 5.27. The predicted molar refractivity (Wildman–Crippen MR) is 114 cm³/mol. The highest BCUT2D eigenvalue weighted by Crippen LogP contribution is 2.40. The first-order valence-corrected chi connectivity index (χ1v) is 10.3. The predicted octanol–water partition coefficient (Wildman–Crippen LogP) is 5.90. The van der Waals surface area contributed by atoms with Gasteiger partial charge in [-0.1, -0.05) is 23.7 Å². The van der Waals surface area contributed by atoms with Gasteiger partial charge in [-0.25, -0.2) is 9.67 Å². The van der Waals surface area contributed by atoms with Gasteiger partial charge < -0.3 is 9.47 Å². The molecule has 0 atom stereocenters. The van der Waals surface area contributed by atoms with Gasteiger partial charge in [-0.3, -0.25) is 0 Å². The van der Waals surface area contributed by atoms with Crippen LogP contribution in [0.5, 0.6) is 11.5 Å². The number of hydrogen-bond donors (Lipinski definition) is 0. The Balaban J connectivity index is 1.68. The van der Waals surface area contributed by atoms with Crippen LogP contribution in [0.1, 0.15) is 16.8 Å². The minimum Gasteiger partial charge on any atom is -0.486 e. The van der Waals surface area contributed by atoms with E-state index in [9.17, 15) is 13.2 Å². The number of hydrogen-bond acceptors (Lipinski definition) is 4. The van der Waals surface area contributed by atoms with Gasteiger partial charge in [-0.05, 0) is 48.9 Å². The Labute approximate surface area is 186 Å². The van der Waals surface area contributed by atoms with E-state index >= 15 is 0 Å². The summed E-state index contributed by atoms with van der Waals surface area (Å²) in [5.74, 6) is 1.04. The van der Waals surface area contributed by atoms with Gasteiger partial charge in [0.15, 0.2) is 17.1 Å². The molecule has 32 heavy (non-hydrogen) atoms. The van der Waals surface area contributed by atoms with Crippen molar-refractivity contribution in [3.63, 3.8) is 0 Å². The van der Waals surface area contributed by atoms with Gasteiger partial charge in [0, 0.05) is 10.6 Å². The molecule has 4 aromatic rings. The summed E-state index contributed by atoms with van der Waals surface area (Å²) in [5.41, 5.74) is 1.18. The van der Waals surface area contributed by atoms with E-state index in [4.69, 9.17) is 21.1 Å². The molecule has 0 N–H and O–H groups in total. The van der Waals surface area contributed by atoms with Gasteiger partial charge in [-0.2, -0.15) is 18.3 Å². The minimum absolute atomic E-state index is 0.00671. The zero-order chi connectivity index (χ0) is 22.5. The lowest BCUT2D eigenvalue weighted by atomic mass is 10.0. The fourth-order valence-corrected chi connectivity index (χ4v) is 3.93. The molecule has 0 spiro atoms. The van der Waals surface area contributed by atoms with Crippen LogP contribution >= 0.6 is 11.6 Å². The smallest absolute Gasteiger partial charge is 0.417 e. The zero-order valence-corrected chi connectivity index (χ0v) is 17.7. The van der Waals surface area contributed by atoms with E-state index < -0.39 is 11.7 Å². The van der Waals surface area contributed by atoms with Crippen LogP contribution in [0, 0.1) is 6.92 Å². The Morgan fingerprint density at radius 3 is 2.44 bits per heavy atom. The summed E-state index contributed by atoms with van der Waals surface area (Å²) in [6.07, 6.45) is -4.57. The molecule has 164 valence electrons. The van der Waals surface area contributed by atoms with Crippen molar-refractivity contribution in [2.75, 3.05) is 13.2 Å². The van der Waals surface area contributed by atoms with Gasteiger partial charge in [0.25, 0.3) is 0 Å². The lowest BCUT2D eigenvalue weighted by Crippen LogP contribution is -2.15. The van der Waals surface area contributed by atoms with E-state index in [1.54, 1.807) is 49.4 Å². The molecule has 0 saturated heterocycles. The number of benzene rings is 2. The molecular formula is C23H17ClF3N3O2. The third-order valence-corrected chi connectivity index (χ3v) is 5.52. The summed E-state index contributed by atoms with van der Waals surface area (Å²) in [5, 5.41) is 4.93. The molecule has 1 aliphatic heterocycles. The summed E-state index contributed by atoms with van der Waals surface area (Å²) in [6, 6.07) is 13.1. The first kappa shape index (κ1) is 20.6. The van der Waals surface area contributed by atoms with Gasteiger partial charge in [0.1, 0.15) is 13.2 Å². The van der Waals surface area contributed by atoms with Crippen molar-refractivity contribution >= 4 is 22.6 Å². The molecule has 5 nitrogen and oxygen atoms in total. The molecule has 0 radical (unpaired) electrons. The van der Waals surface area contributed by atoms with Crippen molar-refractivity contribution in [2.24, 2.45) is 0 Å². The number of ether oxygens (including phenoxy) is 2. The summed E-state index contributed by atoms with van der Waals surface area (Å²) >= 11 is 5.94. The van der Waals surface area contributed by atoms with E-state index in [0.717, 1.165) is 11.6 Å². The van der Waals surface area contributed by atoms with E-state index in [0.29, 0.717) is 35.3 Å². The van der Waals surface area contributed by atoms with Crippen LogP contribution in [0.3, 0.4) is 0 Å². The average Bonchev–Trinajstić information content (AvgIpc) is 3.09. The SMILES string of the molecule is Cc1nn(Cc2ccc(Cl)cc2)c2nc(-c3ccc4c(c3)OCCO4)cc(C(F)(F)F)c12. The lowest BCUT2D eigenvalue weighted by molar-refractivity contribution is -0.136. The number of rotatable bonds is 3. The highest BCUT2D eigenvalue weighted by molar-refractivity contribution is 6.30. The average molecular weight is 460 g/mol. The van der Waals surface area contributed by atoms with E-state index in [2.05, 4.69) is 10.1 Å². The summed E-state index contributed by atoms with van der Waals surface area (Å²) in [6.45, 7) is 2.62. The van der Waals surface area contributed by atoms with Crippen molar-refractivity contribution < 1.29 is 22.6 Å². The molecule has 1 aliphatic rings. The van der Waals surface area contributed by atoms with Gasteiger partial charge in [0.05, 0.1) is 28.9 Å². The van der Waals surface area contributed by atoms with Crippen molar-refractivity contribution in [2.45, 2.75) is 19.6 Å². The van der Waals surface area contributed by atoms with Crippen LogP contribution in [0.2, 0.25) is 5.02 Å². The first-order valence-electron chi connectivity index (χ1n) is 9.89. The summed E-state index contributed by atoms with van der Waals surface area (Å²) in [7, 11) is 0. The number of pyridine rings is 1. The second-order valence-electron chi connectivity index (χ2n) is 7.48. The molecule has 0 bridgehead atoms. The molecule has 2 aromatic carbocycles. The molecule has 0 unspecified atom stereocenters. The second kappa shape index (κ2) is 7.70. The number of aryl methyl sites for hydroxylation is 1. The van der Waals surface area contributed by atoms with Crippen LogP contribution in [-0.2, 0) is 12.7 Å². The normalized spacial score (nSPS) is 13.5. The van der Waals surface area contributed by atoms with E-state index in [-0.39, 0.29) is 29.0 Å². The number of halogens is 4. The quantitative estimate of drug-likeness (QED) is 0.383. The second-order valence-corrected chi connectivity index (χ2v) is 7.92. The molecule has 5 rings (SSSR count). The number of aromatic nitrogens is 3. The highest BCUT2D eigenvalue weighted by atomic mass is 35.5. The van der Waals surface area contributed by atoms with Crippen LogP contribution in [-0.4, -0.2) is 28.0 Å². The van der Waals surface area contributed by atoms with Crippen molar-refractivity contribution in [3.8, 4) is 22.8 Å². The van der Waals surface area contributed by atoms with Gasteiger partial charge in [-0.15, -0.1) is 0 Å². The Morgan fingerprint density at radius 2 is 1.72 bits per heavy atom.